The van der Waals surface area contributed by atoms with Crippen molar-refractivity contribution in [2.75, 3.05) is 7.11 Å². The minimum atomic E-state index is 0.118. The molecular formula is C23H34BrNO2. The van der Waals surface area contributed by atoms with Crippen LogP contribution in [0.3, 0.4) is 0 Å². The van der Waals surface area contributed by atoms with Gasteiger partial charge in [-0.3, -0.25) is 0 Å². The minimum Gasteiger partial charge on any atom is -0.493 e. The number of nitrogens with one attached hydrogen (secondary N) is 1. The average Bonchev–Trinajstić information content (AvgIpc) is 2.51. The molecule has 4 saturated carbocycles. The molecule has 27 heavy (non-hydrogen) atoms. The van der Waals surface area contributed by atoms with Crippen molar-refractivity contribution >= 4 is 15.9 Å². The molecule has 0 heterocycles. The molecule has 2 unspecified atom stereocenters. The molecule has 3 nitrogen and oxygen atoms in total. The van der Waals surface area contributed by atoms with E-state index in [0.717, 1.165) is 28.4 Å². The third-order valence-corrected chi connectivity index (χ3v) is 7.53. The van der Waals surface area contributed by atoms with Crippen LogP contribution in [0.5, 0.6) is 11.5 Å². The van der Waals surface area contributed by atoms with Gasteiger partial charge in [0.05, 0.1) is 17.7 Å². The van der Waals surface area contributed by atoms with Gasteiger partial charge in [-0.1, -0.05) is 13.8 Å². The molecule has 1 aromatic rings. The molecule has 4 aliphatic rings. The highest BCUT2D eigenvalue weighted by atomic mass is 79.9. The fourth-order valence-corrected chi connectivity index (χ4v) is 7.74. The third-order valence-electron chi connectivity index (χ3n) is 6.94. The second-order valence-corrected chi connectivity index (χ2v) is 11.4. The third kappa shape index (κ3) is 3.76. The summed E-state index contributed by atoms with van der Waals surface area (Å²) in [5.74, 6) is 2.51. The second kappa shape index (κ2) is 6.66. The molecule has 4 bridgehead atoms. The van der Waals surface area contributed by atoms with Gasteiger partial charge in [-0.25, -0.2) is 0 Å². The van der Waals surface area contributed by atoms with Gasteiger partial charge in [-0.15, -0.1) is 0 Å². The topological polar surface area (TPSA) is 30.5 Å². The SMILES string of the molecule is COc1cc(CNC23CC4C[C@@](C)(C2)C[C@](C)(C4)C3)cc(Br)c1OC(C)C. The molecule has 1 aromatic carbocycles. The number of rotatable bonds is 6. The fraction of sp³-hybridized carbons (Fsp3) is 0.739. The summed E-state index contributed by atoms with van der Waals surface area (Å²) in [5, 5.41) is 4.02. The normalized spacial score (nSPS) is 37.1. The molecule has 0 radical (unpaired) electrons. The largest absolute Gasteiger partial charge is 0.493 e. The van der Waals surface area contributed by atoms with E-state index in [1.54, 1.807) is 7.11 Å². The standard InChI is InChI=1S/C23H34BrNO2/c1-15(2)27-20-18(24)6-16(7-19(20)26-5)11-25-23-10-17-8-21(3,13-23)12-22(4,9-17)14-23/h6-7,15,17,25H,8-14H2,1-5H3/t17?,21-,22+,23?. The van der Waals surface area contributed by atoms with Crippen molar-refractivity contribution in [2.45, 2.75) is 84.4 Å². The number of hydrogen-bond donors (Lipinski definition) is 1. The Balaban J connectivity index is 1.53. The Hall–Kier alpha value is -0.740. The first-order valence-electron chi connectivity index (χ1n) is 10.4. The monoisotopic (exact) mass is 435 g/mol. The van der Waals surface area contributed by atoms with E-state index in [1.165, 1.54) is 44.1 Å². The Kier molecular flexibility index (Phi) is 4.82. The predicted octanol–water partition coefficient (Wildman–Crippen LogP) is 6.08. The molecule has 4 atom stereocenters. The van der Waals surface area contributed by atoms with Crippen LogP contribution >= 0.6 is 15.9 Å². The van der Waals surface area contributed by atoms with Crippen molar-refractivity contribution < 1.29 is 9.47 Å². The number of ether oxygens (including phenoxy) is 2. The lowest BCUT2D eigenvalue weighted by Crippen LogP contribution is -2.63. The predicted molar refractivity (Wildman–Crippen MR) is 113 cm³/mol. The van der Waals surface area contributed by atoms with E-state index in [1.807, 2.05) is 13.8 Å². The summed E-state index contributed by atoms with van der Waals surface area (Å²) in [4.78, 5) is 0. The molecule has 0 amide bonds. The molecule has 0 spiro atoms. The second-order valence-electron chi connectivity index (χ2n) is 10.5. The number of methoxy groups -OCH3 is 1. The van der Waals surface area contributed by atoms with Crippen LogP contribution in [-0.4, -0.2) is 18.8 Å². The first-order valence-corrected chi connectivity index (χ1v) is 11.2. The van der Waals surface area contributed by atoms with Gasteiger partial charge in [0.25, 0.3) is 0 Å². The number of hydrogen-bond acceptors (Lipinski definition) is 3. The van der Waals surface area contributed by atoms with E-state index in [4.69, 9.17) is 9.47 Å². The number of benzene rings is 1. The van der Waals surface area contributed by atoms with Crippen molar-refractivity contribution in [3.8, 4) is 11.5 Å². The van der Waals surface area contributed by atoms with Crippen LogP contribution in [0.2, 0.25) is 0 Å². The molecule has 1 N–H and O–H groups in total. The zero-order valence-electron chi connectivity index (χ0n) is 17.5. The molecule has 4 aliphatic carbocycles. The quantitative estimate of drug-likeness (QED) is 0.586. The fourth-order valence-electron chi connectivity index (χ4n) is 7.16. The first-order chi connectivity index (χ1) is 12.6. The summed E-state index contributed by atoms with van der Waals surface area (Å²) in [7, 11) is 1.72. The van der Waals surface area contributed by atoms with E-state index in [2.05, 4.69) is 47.2 Å². The zero-order valence-corrected chi connectivity index (χ0v) is 19.0. The Morgan fingerprint density at radius 1 is 1.11 bits per heavy atom. The van der Waals surface area contributed by atoms with Crippen molar-refractivity contribution in [1.82, 2.24) is 5.32 Å². The minimum absolute atomic E-state index is 0.118. The zero-order chi connectivity index (χ0) is 19.4. The molecule has 0 aliphatic heterocycles. The van der Waals surface area contributed by atoms with E-state index in [0.29, 0.717) is 16.4 Å². The Labute approximate surface area is 172 Å². The van der Waals surface area contributed by atoms with Gasteiger partial charge in [-0.05, 0) is 103 Å². The summed E-state index contributed by atoms with van der Waals surface area (Å²) in [6.45, 7) is 10.0. The summed E-state index contributed by atoms with van der Waals surface area (Å²) in [6, 6.07) is 4.30. The lowest BCUT2D eigenvalue weighted by atomic mass is 9.43. The van der Waals surface area contributed by atoms with Gasteiger partial charge in [0, 0.05) is 12.1 Å². The highest BCUT2D eigenvalue weighted by Gasteiger charge is 2.59. The maximum atomic E-state index is 5.93. The van der Waals surface area contributed by atoms with Crippen LogP contribution in [0.1, 0.15) is 71.8 Å². The van der Waals surface area contributed by atoms with Crippen molar-refractivity contribution in [2.24, 2.45) is 16.7 Å². The van der Waals surface area contributed by atoms with Gasteiger partial charge in [-0.2, -0.15) is 0 Å². The average molecular weight is 436 g/mol. The molecule has 150 valence electrons. The summed E-state index contributed by atoms with van der Waals surface area (Å²) in [6.07, 6.45) is 8.43. The van der Waals surface area contributed by atoms with Crippen LogP contribution in [-0.2, 0) is 6.54 Å². The molecule has 0 saturated heterocycles. The van der Waals surface area contributed by atoms with Crippen LogP contribution in [0, 0.1) is 16.7 Å². The van der Waals surface area contributed by atoms with E-state index in [-0.39, 0.29) is 6.10 Å². The van der Waals surface area contributed by atoms with Crippen LogP contribution < -0.4 is 14.8 Å². The van der Waals surface area contributed by atoms with Gasteiger partial charge < -0.3 is 14.8 Å². The van der Waals surface area contributed by atoms with Crippen molar-refractivity contribution in [3.63, 3.8) is 0 Å². The molecule has 4 fully saturated rings. The highest BCUT2D eigenvalue weighted by Crippen LogP contribution is 2.66. The molecule has 5 rings (SSSR count). The Morgan fingerprint density at radius 3 is 2.33 bits per heavy atom. The summed E-state index contributed by atoms with van der Waals surface area (Å²) >= 11 is 3.69. The maximum Gasteiger partial charge on any atom is 0.175 e. The van der Waals surface area contributed by atoms with Gasteiger partial charge in [0.2, 0.25) is 0 Å². The van der Waals surface area contributed by atoms with E-state index < -0.39 is 0 Å². The Morgan fingerprint density at radius 2 is 1.78 bits per heavy atom. The van der Waals surface area contributed by atoms with E-state index >= 15 is 0 Å². The summed E-state index contributed by atoms with van der Waals surface area (Å²) < 4.78 is 12.5. The van der Waals surface area contributed by atoms with Crippen LogP contribution in [0.25, 0.3) is 0 Å². The molecule has 0 aromatic heterocycles. The van der Waals surface area contributed by atoms with Crippen LogP contribution in [0.4, 0.5) is 0 Å². The van der Waals surface area contributed by atoms with Crippen molar-refractivity contribution in [1.29, 1.82) is 0 Å². The smallest absolute Gasteiger partial charge is 0.175 e. The molecule has 4 heteroatoms. The van der Waals surface area contributed by atoms with Crippen molar-refractivity contribution in [3.05, 3.63) is 22.2 Å². The lowest BCUT2D eigenvalue weighted by molar-refractivity contribution is -0.118. The Bertz CT molecular complexity index is 713. The van der Waals surface area contributed by atoms with Gasteiger partial charge >= 0.3 is 0 Å². The van der Waals surface area contributed by atoms with E-state index in [9.17, 15) is 0 Å². The molecular weight excluding hydrogens is 402 g/mol. The lowest BCUT2D eigenvalue weighted by Gasteiger charge is -2.65. The van der Waals surface area contributed by atoms with Gasteiger partial charge in [0.1, 0.15) is 0 Å². The van der Waals surface area contributed by atoms with Crippen LogP contribution in [0.15, 0.2) is 16.6 Å². The van der Waals surface area contributed by atoms with Gasteiger partial charge in [0.15, 0.2) is 11.5 Å². The first kappa shape index (κ1) is 19.6. The highest BCUT2D eigenvalue weighted by molar-refractivity contribution is 9.10. The summed E-state index contributed by atoms with van der Waals surface area (Å²) in [5.41, 5.74) is 2.64. The maximum absolute atomic E-state index is 5.93. The number of halogens is 1.